The molecule has 106 valence electrons. The van der Waals surface area contributed by atoms with Crippen LogP contribution in [0.5, 0.6) is 0 Å². The average Bonchev–Trinajstić information content (AvgIpc) is 3.16. The summed E-state index contributed by atoms with van der Waals surface area (Å²) in [7, 11) is 0. The minimum atomic E-state index is -0.357. The molecule has 1 unspecified atom stereocenters. The third-order valence-electron chi connectivity index (χ3n) is 4.10. The van der Waals surface area contributed by atoms with Crippen LogP contribution in [0.3, 0.4) is 0 Å². The maximum absolute atomic E-state index is 10.4. The van der Waals surface area contributed by atoms with E-state index in [9.17, 15) is 5.11 Å². The Hall–Kier alpha value is -0.860. The Morgan fingerprint density at radius 2 is 2.00 bits per heavy atom. The van der Waals surface area contributed by atoms with E-state index in [1.807, 2.05) is 0 Å². The Bertz CT molecular complexity index is 412. The van der Waals surface area contributed by atoms with Crippen molar-refractivity contribution in [3.8, 4) is 0 Å². The molecule has 1 aromatic rings. The van der Waals surface area contributed by atoms with E-state index < -0.39 is 0 Å². The van der Waals surface area contributed by atoms with Gasteiger partial charge in [-0.25, -0.2) is 0 Å². The molecule has 0 spiro atoms. The first kappa shape index (κ1) is 14.5. The lowest BCUT2D eigenvalue weighted by Crippen LogP contribution is -2.31. The largest absolute Gasteiger partial charge is 0.387 e. The minimum Gasteiger partial charge on any atom is -0.387 e. The molecule has 1 saturated carbocycles. The second kappa shape index (κ2) is 6.53. The van der Waals surface area contributed by atoms with Crippen molar-refractivity contribution in [2.75, 3.05) is 19.6 Å². The van der Waals surface area contributed by atoms with Gasteiger partial charge in [-0.1, -0.05) is 25.1 Å². The quantitative estimate of drug-likeness (QED) is 0.812. The lowest BCUT2D eigenvalue weighted by molar-refractivity contribution is 0.110. The van der Waals surface area contributed by atoms with E-state index in [2.05, 4.69) is 43.9 Å². The molecule has 2 nitrogen and oxygen atoms in total. The van der Waals surface area contributed by atoms with E-state index in [0.717, 1.165) is 37.5 Å². The Labute approximate surface area is 117 Å². The van der Waals surface area contributed by atoms with Crippen molar-refractivity contribution in [2.45, 2.75) is 46.1 Å². The van der Waals surface area contributed by atoms with Gasteiger partial charge in [0.1, 0.15) is 0 Å². The standard InChI is InChI=1S/C17H27NO/c1-4-9-18(11-15-6-7-15)12-17(19)16-8-5-13(2)14(3)10-16/h5,8,10,15,17,19H,4,6-7,9,11-12H2,1-3H3. The highest BCUT2D eigenvalue weighted by Gasteiger charge is 2.25. The highest BCUT2D eigenvalue weighted by atomic mass is 16.3. The normalized spacial score (nSPS) is 16.9. The van der Waals surface area contributed by atoms with Gasteiger partial charge in [-0.2, -0.15) is 0 Å². The molecule has 1 aromatic carbocycles. The first-order chi connectivity index (χ1) is 9.10. The molecule has 0 aromatic heterocycles. The van der Waals surface area contributed by atoms with Crippen molar-refractivity contribution in [1.29, 1.82) is 0 Å². The molecular formula is C17H27NO. The van der Waals surface area contributed by atoms with Crippen molar-refractivity contribution in [2.24, 2.45) is 5.92 Å². The van der Waals surface area contributed by atoms with Crippen molar-refractivity contribution < 1.29 is 5.11 Å². The number of hydrogen-bond acceptors (Lipinski definition) is 2. The summed E-state index contributed by atoms with van der Waals surface area (Å²) in [6.07, 6.45) is 3.55. The molecule has 0 heterocycles. The van der Waals surface area contributed by atoms with Gasteiger partial charge in [0, 0.05) is 13.1 Å². The summed E-state index contributed by atoms with van der Waals surface area (Å²) in [4.78, 5) is 2.43. The molecule has 0 saturated heterocycles. The third-order valence-corrected chi connectivity index (χ3v) is 4.10. The van der Waals surface area contributed by atoms with E-state index in [-0.39, 0.29) is 6.10 Å². The maximum atomic E-state index is 10.4. The molecule has 19 heavy (non-hydrogen) atoms. The number of rotatable bonds is 7. The van der Waals surface area contributed by atoms with Gasteiger partial charge < -0.3 is 10.0 Å². The lowest BCUT2D eigenvalue weighted by Gasteiger charge is -2.25. The summed E-state index contributed by atoms with van der Waals surface area (Å²) >= 11 is 0. The van der Waals surface area contributed by atoms with Crippen molar-refractivity contribution in [1.82, 2.24) is 4.90 Å². The zero-order valence-electron chi connectivity index (χ0n) is 12.5. The van der Waals surface area contributed by atoms with Gasteiger partial charge in [-0.3, -0.25) is 0 Å². The highest BCUT2D eigenvalue weighted by molar-refractivity contribution is 5.31. The number of aliphatic hydroxyl groups excluding tert-OH is 1. The van der Waals surface area contributed by atoms with Crippen LogP contribution in [0.15, 0.2) is 18.2 Å². The van der Waals surface area contributed by atoms with Gasteiger partial charge in [0.15, 0.2) is 0 Å². The topological polar surface area (TPSA) is 23.5 Å². The summed E-state index contributed by atoms with van der Waals surface area (Å²) in [5.74, 6) is 0.888. The van der Waals surface area contributed by atoms with E-state index in [1.165, 1.54) is 24.0 Å². The summed E-state index contributed by atoms with van der Waals surface area (Å²) < 4.78 is 0. The molecule has 0 amide bonds. The molecule has 1 fully saturated rings. The van der Waals surface area contributed by atoms with Crippen molar-refractivity contribution in [3.63, 3.8) is 0 Å². The van der Waals surface area contributed by atoms with Gasteiger partial charge in [-0.15, -0.1) is 0 Å². The number of nitrogens with zero attached hydrogens (tertiary/aromatic N) is 1. The van der Waals surface area contributed by atoms with E-state index in [1.54, 1.807) is 0 Å². The van der Waals surface area contributed by atoms with Crippen LogP contribution in [0.1, 0.15) is 49.0 Å². The SMILES string of the molecule is CCCN(CC1CC1)CC(O)c1ccc(C)c(C)c1. The van der Waals surface area contributed by atoms with Crippen LogP contribution in [0, 0.1) is 19.8 Å². The highest BCUT2D eigenvalue weighted by Crippen LogP contribution is 2.30. The van der Waals surface area contributed by atoms with Gasteiger partial charge in [-0.05, 0) is 62.3 Å². The molecule has 0 aliphatic heterocycles. The molecule has 1 aliphatic rings. The molecule has 0 radical (unpaired) electrons. The first-order valence-electron chi connectivity index (χ1n) is 7.57. The summed E-state index contributed by atoms with van der Waals surface area (Å²) in [5, 5.41) is 10.4. The van der Waals surface area contributed by atoms with Crippen LogP contribution >= 0.6 is 0 Å². The average molecular weight is 261 g/mol. The van der Waals surface area contributed by atoms with Crippen LogP contribution in [0.25, 0.3) is 0 Å². The smallest absolute Gasteiger partial charge is 0.0917 e. The molecule has 0 bridgehead atoms. The van der Waals surface area contributed by atoms with Crippen LogP contribution in [-0.4, -0.2) is 29.6 Å². The molecule has 1 N–H and O–H groups in total. The number of hydrogen-bond donors (Lipinski definition) is 1. The number of benzene rings is 1. The zero-order valence-corrected chi connectivity index (χ0v) is 12.5. The second-order valence-corrected chi connectivity index (χ2v) is 6.06. The van der Waals surface area contributed by atoms with Crippen LogP contribution < -0.4 is 0 Å². The van der Waals surface area contributed by atoms with Crippen molar-refractivity contribution >= 4 is 0 Å². The summed E-state index contributed by atoms with van der Waals surface area (Å²) in [6, 6.07) is 6.30. The molecule has 2 heteroatoms. The van der Waals surface area contributed by atoms with E-state index in [0.29, 0.717) is 0 Å². The zero-order chi connectivity index (χ0) is 13.8. The van der Waals surface area contributed by atoms with Gasteiger partial charge in [0.25, 0.3) is 0 Å². The lowest BCUT2D eigenvalue weighted by atomic mass is 10.0. The molecule has 1 aliphatic carbocycles. The van der Waals surface area contributed by atoms with Crippen LogP contribution in [-0.2, 0) is 0 Å². The van der Waals surface area contributed by atoms with E-state index >= 15 is 0 Å². The number of aryl methyl sites for hydroxylation is 2. The fourth-order valence-corrected chi connectivity index (χ4v) is 2.56. The van der Waals surface area contributed by atoms with Crippen LogP contribution in [0.2, 0.25) is 0 Å². The fraction of sp³-hybridized carbons (Fsp3) is 0.647. The minimum absolute atomic E-state index is 0.357. The monoisotopic (exact) mass is 261 g/mol. The van der Waals surface area contributed by atoms with Crippen molar-refractivity contribution in [3.05, 3.63) is 34.9 Å². The number of aliphatic hydroxyl groups is 1. The maximum Gasteiger partial charge on any atom is 0.0917 e. The van der Waals surface area contributed by atoms with Gasteiger partial charge in [0.2, 0.25) is 0 Å². The van der Waals surface area contributed by atoms with Crippen LogP contribution in [0.4, 0.5) is 0 Å². The Morgan fingerprint density at radius 1 is 1.26 bits per heavy atom. The first-order valence-corrected chi connectivity index (χ1v) is 7.57. The fourth-order valence-electron chi connectivity index (χ4n) is 2.56. The van der Waals surface area contributed by atoms with Gasteiger partial charge in [0.05, 0.1) is 6.10 Å². The predicted molar refractivity (Wildman–Crippen MR) is 80.3 cm³/mol. The van der Waals surface area contributed by atoms with E-state index in [4.69, 9.17) is 0 Å². The third kappa shape index (κ3) is 4.32. The molecular weight excluding hydrogens is 234 g/mol. The molecule has 1 atom stereocenters. The predicted octanol–water partition coefficient (Wildman–Crippen LogP) is 3.46. The molecule has 2 rings (SSSR count). The Kier molecular flexibility index (Phi) is 5.00. The summed E-state index contributed by atoms with van der Waals surface area (Å²) in [6.45, 7) is 9.46. The summed E-state index contributed by atoms with van der Waals surface area (Å²) in [5.41, 5.74) is 3.61. The second-order valence-electron chi connectivity index (χ2n) is 6.06. The van der Waals surface area contributed by atoms with Gasteiger partial charge >= 0.3 is 0 Å². The Morgan fingerprint density at radius 3 is 2.58 bits per heavy atom. The Balaban J connectivity index is 1.96.